The minimum absolute atomic E-state index is 0.136. The fourth-order valence-corrected chi connectivity index (χ4v) is 3.22. The van der Waals surface area contributed by atoms with Crippen LogP contribution >= 0.6 is 0 Å². The lowest BCUT2D eigenvalue weighted by atomic mass is 10.1. The first-order chi connectivity index (χ1) is 12.7. The highest BCUT2D eigenvalue weighted by molar-refractivity contribution is 5.69. The highest BCUT2D eigenvalue weighted by Crippen LogP contribution is 2.30. The molecule has 8 nitrogen and oxygen atoms in total. The third-order valence-electron chi connectivity index (χ3n) is 4.68. The zero-order valence-corrected chi connectivity index (χ0v) is 15.1. The van der Waals surface area contributed by atoms with Crippen LogP contribution in [0, 0.1) is 0 Å². The zero-order valence-electron chi connectivity index (χ0n) is 15.1. The van der Waals surface area contributed by atoms with E-state index in [-0.39, 0.29) is 30.5 Å². The number of ether oxygens (including phenoxy) is 2. The number of carbonyl (C=O) groups is 1. The summed E-state index contributed by atoms with van der Waals surface area (Å²) in [7, 11) is 0. The second-order valence-corrected chi connectivity index (χ2v) is 6.69. The number of unbranched alkanes of at least 4 members (excludes halogenated alkanes) is 4. The highest BCUT2D eigenvalue weighted by Gasteiger charge is 2.29. The summed E-state index contributed by atoms with van der Waals surface area (Å²) in [5.41, 5.74) is 0.536. The van der Waals surface area contributed by atoms with Gasteiger partial charge in [-0.25, -0.2) is 9.97 Å². The summed E-state index contributed by atoms with van der Waals surface area (Å²) < 4.78 is 13.1. The van der Waals surface area contributed by atoms with Gasteiger partial charge in [-0.05, 0) is 19.3 Å². The quantitative estimate of drug-likeness (QED) is 0.544. The Bertz CT molecular complexity index is 785. The van der Waals surface area contributed by atoms with Crippen molar-refractivity contribution in [2.75, 3.05) is 6.61 Å². The van der Waals surface area contributed by atoms with E-state index in [2.05, 4.69) is 21.9 Å². The smallest absolute Gasteiger partial charge is 0.305 e. The number of fused-ring (bicyclic) bond motifs is 1. The number of aromatic amines is 1. The minimum Gasteiger partial charge on any atom is -0.463 e. The molecule has 1 N–H and O–H groups in total. The van der Waals surface area contributed by atoms with Crippen LogP contribution in [0.5, 0.6) is 0 Å². The van der Waals surface area contributed by atoms with Gasteiger partial charge in [-0.2, -0.15) is 0 Å². The van der Waals surface area contributed by atoms with E-state index >= 15 is 0 Å². The first-order valence-corrected chi connectivity index (χ1v) is 9.40. The fraction of sp³-hybridized carbons (Fsp3) is 0.667. The largest absolute Gasteiger partial charge is 0.463 e. The number of hydrogen-bond acceptors (Lipinski definition) is 6. The van der Waals surface area contributed by atoms with Crippen LogP contribution in [-0.2, 0) is 14.3 Å². The van der Waals surface area contributed by atoms with E-state index < -0.39 is 0 Å². The molecule has 0 bridgehead atoms. The van der Waals surface area contributed by atoms with Gasteiger partial charge in [0.1, 0.15) is 12.8 Å². The third kappa shape index (κ3) is 4.49. The highest BCUT2D eigenvalue weighted by atomic mass is 16.6. The molecule has 3 rings (SSSR count). The van der Waals surface area contributed by atoms with Gasteiger partial charge in [0.15, 0.2) is 11.2 Å². The molecule has 3 heterocycles. The van der Waals surface area contributed by atoms with Crippen LogP contribution in [0.4, 0.5) is 0 Å². The van der Waals surface area contributed by atoms with Gasteiger partial charge in [0.25, 0.3) is 5.56 Å². The summed E-state index contributed by atoms with van der Waals surface area (Å²) in [6, 6.07) is 0. The van der Waals surface area contributed by atoms with Crippen LogP contribution in [0.15, 0.2) is 17.4 Å². The number of esters is 1. The van der Waals surface area contributed by atoms with Gasteiger partial charge >= 0.3 is 5.97 Å². The molecule has 0 radical (unpaired) electrons. The fourth-order valence-electron chi connectivity index (χ4n) is 3.22. The van der Waals surface area contributed by atoms with E-state index in [9.17, 15) is 9.59 Å². The summed E-state index contributed by atoms with van der Waals surface area (Å²) >= 11 is 0. The van der Waals surface area contributed by atoms with Crippen LogP contribution in [0.1, 0.15) is 64.5 Å². The van der Waals surface area contributed by atoms with Crippen LogP contribution in [-0.4, -0.2) is 38.2 Å². The lowest BCUT2D eigenvalue weighted by Gasteiger charge is -2.15. The molecule has 0 spiro atoms. The SMILES string of the molecule is CCCCCCCC(=O)OC[C@@H]1CC[C@H](n2cnc3c(=O)[nH]cnc32)O1. The lowest BCUT2D eigenvalue weighted by Crippen LogP contribution is -2.19. The van der Waals surface area contributed by atoms with Gasteiger partial charge in [-0.1, -0.05) is 32.6 Å². The van der Waals surface area contributed by atoms with Gasteiger partial charge in [0.2, 0.25) is 0 Å². The Morgan fingerprint density at radius 1 is 1.31 bits per heavy atom. The summed E-state index contributed by atoms with van der Waals surface area (Å²) in [4.78, 5) is 34.3. The maximum Gasteiger partial charge on any atom is 0.305 e. The molecule has 0 saturated carbocycles. The number of aromatic nitrogens is 4. The summed E-state index contributed by atoms with van der Waals surface area (Å²) in [5.74, 6) is -0.158. The average Bonchev–Trinajstić information content (AvgIpc) is 3.27. The Morgan fingerprint density at radius 2 is 2.15 bits per heavy atom. The molecule has 0 aliphatic carbocycles. The lowest BCUT2D eigenvalue weighted by molar-refractivity contribution is -0.148. The Hall–Kier alpha value is -2.22. The van der Waals surface area contributed by atoms with Crippen LogP contribution in [0.2, 0.25) is 0 Å². The average molecular weight is 362 g/mol. The molecule has 2 atom stereocenters. The van der Waals surface area contributed by atoms with Crippen molar-refractivity contribution in [3.63, 3.8) is 0 Å². The Morgan fingerprint density at radius 3 is 3.00 bits per heavy atom. The standard InChI is InChI=1S/C18H26N4O4/c1-2-3-4-5-6-7-15(23)25-10-13-8-9-14(26-13)22-12-21-16-17(22)19-11-20-18(16)24/h11-14H,2-10H2,1H3,(H,19,20,24)/t13-,14+/m0/s1. The molecular weight excluding hydrogens is 336 g/mol. The second-order valence-electron chi connectivity index (χ2n) is 6.69. The molecular formula is C18H26N4O4. The molecule has 1 aliphatic rings. The van der Waals surface area contributed by atoms with E-state index in [1.807, 2.05) is 0 Å². The Kier molecular flexibility index (Phi) is 6.38. The summed E-state index contributed by atoms with van der Waals surface area (Å²) in [6.45, 7) is 2.44. The van der Waals surface area contributed by atoms with Gasteiger partial charge in [-0.15, -0.1) is 0 Å². The normalized spacial score (nSPS) is 19.9. The molecule has 0 aromatic carbocycles. The van der Waals surface area contributed by atoms with Crippen molar-refractivity contribution in [1.82, 2.24) is 19.5 Å². The molecule has 2 aromatic rings. The van der Waals surface area contributed by atoms with Crippen molar-refractivity contribution in [3.8, 4) is 0 Å². The first kappa shape index (κ1) is 18.6. The van der Waals surface area contributed by atoms with Crippen molar-refractivity contribution in [3.05, 3.63) is 23.0 Å². The van der Waals surface area contributed by atoms with E-state index in [1.54, 1.807) is 10.9 Å². The van der Waals surface area contributed by atoms with Crippen LogP contribution < -0.4 is 5.56 Å². The summed E-state index contributed by atoms with van der Waals surface area (Å²) in [5, 5.41) is 0. The summed E-state index contributed by atoms with van der Waals surface area (Å²) in [6.07, 6.45) is 10.1. The second kappa shape index (κ2) is 8.93. The monoisotopic (exact) mass is 362 g/mol. The molecule has 8 heteroatoms. The van der Waals surface area contributed by atoms with Gasteiger partial charge in [0.05, 0.1) is 18.8 Å². The Labute approximate surface area is 151 Å². The van der Waals surface area contributed by atoms with Gasteiger partial charge < -0.3 is 14.5 Å². The minimum atomic E-state index is -0.267. The van der Waals surface area contributed by atoms with Crippen LogP contribution in [0.3, 0.4) is 0 Å². The number of imidazole rings is 1. The number of carbonyl (C=O) groups excluding carboxylic acids is 1. The molecule has 1 fully saturated rings. The number of H-pyrrole nitrogens is 1. The zero-order chi connectivity index (χ0) is 18.4. The van der Waals surface area contributed by atoms with Crippen molar-refractivity contribution in [2.24, 2.45) is 0 Å². The molecule has 0 unspecified atom stereocenters. The van der Waals surface area contributed by atoms with Gasteiger partial charge in [-0.3, -0.25) is 14.2 Å². The number of hydrogen-bond donors (Lipinski definition) is 1. The number of rotatable bonds is 9. The maximum atomic E-state index is 11.8. The molecule has 1 aliphatic heterocycles. The molecule has 26 heavy (non-hydrogen) atoms. The third-order valence-corrected chi connectivity index (χ3v) is 4.68. The van der Waals surface area contributed by atoms with Crippen molar-refractivity contribution in [2.45, 2.75) is 70.6 Å². The van der Waals surface area contributed by atoms with Gasteiger partial charge in [0, 0.05) is 6.42 Å². The Balaban J connectivity index is 1.44. The van der Waals surface area contributed by atoms with Crippen molar-refractivity contribution in [1.29, 1.82) is 0 Å². The molecule has 142 valence electrons. The molecule has 2 aromatic heterocycles. The predicted molar refractivity (Wildman–Crippen MR) is 95.6 cm³/mol. The molecule has 0 amide bonds. The van der Waals surface area contributed by atoms with E-state index in [0.717, 1.165) is 25.7 Å². The van der Waals surface area contributed by atoms with Crippen molar-refractivity contribution < 1.29 is 14.3 Å². The van der Waals surface area contributed by atoms with Crippen LogP contribution in [0.25, 0.3) is 11.2 Å². The maximum absolute atomic E-state index is 11.8. The number of nitrogens with zero attached hydrogens (tertiary/aromatic N) is 3. The topological polar surface area (TPSA) is 99.1 Å². The van der Waals surface area contributed by atoms with E-state index in [1.165, 1.54) is 25.6 Å². The first-order valence-electron chi connectivity index (χ1n) is 9.40. The molecule has 1 saturated heterocycles. The number of nitrogens with one attached hydrogen (secondary N) is 1. The predicted octanol–water partition coefficient (Wildman–Crippen LogP) is 2.70. The van der Waals surface area contributed by atoms with E-state index in [4.69, 9.17) is 9.47 Å². The van der Waals surface area contributed by atoms with E-state index in [0.29, 0.717) is 17.6 Å². The van der Waals surface area contributed by atoms with Crippen molar-refractivity contribution >= 4 is 17.1 Å².